The largest absolute Gasteiger partial charge is 0.363 e. The van der Waals surface area contributed by atoms with Crippen LogP contribution in [0.4, 0.5) is 10.2 Å². The number of H-pyrrole nitrogens is 1. The molecule has 2 aromatic rings. The molecule has 0 saturated heterocycles. The average molecular weight is 273 g/mol. The van der Waals surface area contributed by atoms with Gasteiger partial charge in [-0.25, -0.2) is 9.37 Å². The second kappa shape index (κ2) is 5.07. The van der Waals surface area contributed by atoms with Gasteiger partial charge in [0.2, 0.25) is 0 Å². The Morgan fingerprint density at radius 2 is 2.20 bits per heavy atom. The lowest BCUT2D eigenvalue weighted by Gasteiger charge is -2.15. The summed E-state index contributed by atoms with van der Waals surface area (Å²) in [4.78, 5) is 18.8. The first kappa shape index (κ1) is 12.8. The fraction of sp³-hybridized carbons (Fsp3) is 0.333. The SMILES string of the molecule is CC(Nc1cc(=O)[nH]c(C2CC2)n1)c1cccc(F)c1. The zero-order valence-electron chi connectivity index (χ0n) is 11.2. The second-order valence-corrected chi connectivity index (χ2v) is 5.21. The van der Waals surface area contributed by atoms with E-state index in [9.17, 15) is 9.18 Å². The van der Waals surface area contributed by atoms with Crippen LogP contribution in [0.2, 0.25) is 0 Å². The molecule has 0 bridgehead atoms. The normalized spacial score (nSPS) is 15.9. The zero-order chi connectivity index (χ0) is 14.1. The maximum atomic E-state index is 13.2. The van der Waals surface area contributed by atoms with Crippen molar-refractivity contribution in [2.45, 2.75) is 31.7 Å². The van der Waals surface area contributed by atoms with Crippen molar-refractivity contribution in [3.63, 3.8) is 0 Å². The molecule has 0 spiro atoms. The lowest BCUT2D eigenvalue weighted by Crippen LogP contribution is -2.15. The van der Waals surface area contributed by atoms with Gasteiger partial charge in [0, 0.05) is 12.0 Å². The Balaban J connectivity index is 1.81. The molecule has 1 aliphatic carbocycles. The monoisotopic (exact) mass is 273 g/mol. The van der Waals surface area contributed by atoms with Gasteiger partial charge in [0.15, 0.2) is 0 Å². The molecule has 1 aromatic heterocycles. The van der Waals surface area contributed by atoms with Gasteiger partial charge >= 0.3 is 0 Å². The minimum Gasteiger partial charge on any atom is -0.363 e. The number of aromatic amines is 1. The van der Waals surface area contributed by atoms with Gasteiger partial charge in [-0.15, -0.1) is 0 Å². The number of rotatable bonds is 4. The fourth-order valence-corrected chi connectivity index (χ4v) is 2.18. The Morgan fingerprint density at radius 3 is 2.90 bits per heavy atom. The standard InChI is InChI=1S/C15H16FN3O/c1-9(11-3-2-4-12(16)7-11)17-13-8-14(20)19-15(18-13)10-5-6-10/h2-4,7-10H,5-6H2,1H3,(H2,17,18,19,20). The summed E-state index contributed by atoms with van der Waals surface area (Å²) in [5, 5.41) is 3.15. The van der Waals surface area contributed by atoms with E-state index in [1.165, 1.54) is 18.2 Å². The number of halogens is 1. The molecule has 0 aliphatic heterocycles. The highest BCUT2D eigenvalue weighted by Gasteiger charge is 2.26. The van der Waals surface area contributed by atoms with E-state index < -0.39 is 0 Å². The van der Waals surface area contributed by atoms with Crippen LogP contribution < -0.4 is 10.9 Å². The molecule has 1 atom stereocenters. The van der Waals surface area contributed by atoms with Crippen LogP contribution in [0.1, 0.15) is 43.1 Å². The van der Waals surface area contributed by atoms with Gasteiger partial charge in [-0.1, -0.05) is 12.1 Å². The molecule has 1 aromatic carbocycles. The molecule has 1 saturated carbocycles. The van der Waals surface area contributed by atoms with Gasteiger partial charge in [-0.05, 0) is 37.5 Å². The van der Waals surface area contributed by atoms with E-state index in [-0.39, 0.29) is 17.4 Å². The summed E-state index contributed by atoms with van der Waals surface area (Å²) in [6.07, 6.45) is 2.15. The van der Waals surface area contributed by atoms with Crippen LogP contribution in [-0.2, 0) is 0 Å². The highest BCUT2D eigenvalue weighted by atomic mass is 19.1. The number of nitrogens with zero attached hydrogens (tertiary/aromatic N) is 1. The quantitative estimate of drug-likeness (QED) is 0.900. The van der Waals surface area contributed by atoms with Crippen molar-refractivity contribution in [1.82, 2.24) is 9.97 Å². The van der Waals surface area contributed by atoms with E-state index in [0.29, 0.717) is 11.7 Å². The molecule has 20 heavy (non-hydrogen) atoms. The number of nitrogens with one attached hydrogen (secondary N) is 2. The molecule has 2 N–H and O–H groups in total. The first-order chi connectivity index (χ1) is 9.61. The third-order valence-electron chi connectivity index (χ3n) is 3.44. The summed E-state index contributed by atoms with van der Waals surface area (Å²) in [6.45, 7) is 1.91. The third-order valence-corrected chi connectivity index (χ3v) is 3.44. The summed E-state index contributed by atoms with van der Waals surface area (Å²) >= 11 is 0. The van der Waals surface area contributed by atoms with E-state index in [1.807, 2.05) is 13.0 Å². The molecule has 3 rings (SSSR count). The predicted octanol–water partition coefficient (Wildman–Crippen LogP) is 2.96. The molecule has 5 heteroatoms. The highest BCUT2D eigenvalue weighted by molar-refractivity contribution is 5.38. The van der Waals surface area contributed by atoms with E-state index in [2.05, 4.69) is 15.3 Å². The molecular formula is C15H16FN3O. The van der Waals surface area contributed by atoms with Gasteiger partial charge < -0.3 is 10.3 Å². The Labute approximate surface area is 116 Å². The van der Waals surface area contributed by atoms with Crippen molar-refractivity contribution in [2.75, 3.05) is 5.32 Å². The molecule has 0 radical (unpaired) electrons. The van der Waals surface area contributed by atoms with E-state index in [1.54, 1.807) is 6.07 Å². The number of benzene rings is 1. The van der Waals surface area contributed by atoms with Gasteiger partial charge in [0.1, 0.15) is 17.5 Å². The van der Waals surface area contributed by atoms with Gasteiger partial charge in [-0.2, -0.15) is 0 Å². The molecule has 0 amide bonds. The van der Waals surface area contributed by atoms with Gasteiger partial charge in [0.25, 0.3) is 5.56 Å². The van der Waals surface area contributed by atoms with Crippen LogP contribution in [0.25, 0.3) is 0 Å². The summed E-state index contributed by atoms with van der Waals surface area (Å²) in [7, 11) is 0. The van der Waals surface area contributed by atoms with Crippen molar-refractivity contribution in [1.29, 1.82) is 0 Å². The van der Waals surface area contributed by atoms with Crippen molar-refractivity contribution >= 4 is 5.82 Å². The predicted molar refractivity (Wildman–Crippen MR) is 75.3 cm³/mol. The van der Waals surface area contributed by atoms with Crippen LogP contribution in [-0.4, -0.2) is 9.97 Å². The lowest BCUT2D eigenvalue weighted by atomic mass is 10.1. The van der Waals surface area contributed by atoms with Crippen LogP contribution in [0.5, 0.6) is 0 Å². The van der Waals surface area contributed by atoms with E-state index in [0.717, 1.165) is 24.2 Å². The number of aromatic nitrogens is 2. The summed E-state index contributed by atoms with van der Waals surface area (Å²) < 4.78 is 13.2. The smallest absolute Gasteiger partial charge is 0.252 e. The minimum absolute atomic E-state index is 0.118. The maximum Gasteiger partial charge on any atom is 0.252 e. The first-order valence-electron chi connectivity index (χ1n) is 6.75. The summed E-state index contributed by atoms with van der Waals surface area (Å²) in [5.74, 6) is 1.39. The number of hydrogen-bond donors (Lipinski definition) is 2. The maximum absolute atomic E-state index is 13.2. The molecule has 4 nitrogen and oxygen atoms in total. The van der Waals surface area contributed by atoms with Crippen molar-refractivity contribution in [3.05, 3.63) is 57.9 Å². The molecule has 1 unspecified atom stereocenters. The minimum atomic E-state index is -0.270. The van der Waals surface area contributed by atoms with Crippen molar-refractivity contribution < 1.29 is 4.39 Å². The Morgan fingerprint density at radius 1 is 1.40 bits per heavy atom. The van der Waals surface area contributed by atoms with Gasteiger partial charge in [-0.3, -0.25) is 4.79 Å². The van der Waals surface area contributed by atoms with Crippen LogP contribution >= 0.6 is 0 Å². The average Bonchev–Trinajstić information content (AvgIpc) is 3.22. The number of hydrogen-bond acceptors (Lipinski definition) is 3. The van der Waals surface area contributed by atoms with Crippen molar-refractivity contribution in [2.24, 2.45) is 0 Å². The first-order valence-corrected chi connectivity index (χ1v) is 6.75. The van der Waals surface area contributed by atoms with E-state index in [4.69, 9.17) is 0 Å². The highest BCUT2D eigenvalue weighted by Crippen LogP contribution is 2.37. The Hall–Kier alpha value is -2.17. The van der Waals surface area contributed by atoms with Crippen LogP contribution in [0, 0.1) is 5.82 Å². The molecule has 104 valence electrons. The van der Waals surface area contributed by atoms with E-state index >= 15 is 0 Å². The lowest BCUT2D eigenvalue weighted by molar-refractivity contribution is 0.623. The molecule has 1 aliphatic rings. The Bertz CT molecular complexity index is 679. The molecular weight excluding hydrogens is 257 g/mol. The van der Waals surface area contributed by atoms with Crippen molar-refractivity contribution in [3.8, 4) is 0 Å². The Kier molecular flexibility index (Phi) is 3.26. The summed E-state index contributed by atoms with van der Waals surface area (Å²) in [5.41, 5.74) is 0.663. The molecule has 1 fully saturated rings. The summed E-state index contributed by atoms with van der Waals surface area (Å²) in [6, 6.07) is 7.72. The zero-order valence-corrected chi connectivity index (χ0v) is 11.2. The van der Waals surface area contributed by atoms with Crippen LogP contribution in [0.15, 0.2) is 35.1 Å². The number of anilines is 1. The van der Waals surface area contributed by atoms with Gasteiger partial charge in [0.05, 0.1) is 6.04 Å². The molecule has 1 heterocycles. The third kappa shape index (κ3) is 2.87. The second-order valence-electron chi connectivity index (χ2n) is 5.21. The van der Waals surface area contributed by atoms with Crippen LogP contribution in [0.3, 0.4) is 0 Å². The fourth-order valence-electron chi connectivity index (χ4n) is 2.18. The topological polar surface area (TPSA) is 57.8 Å².